The first-order valence-corrected chi connectivity index (χ1v) is 5.45. The van der Waals surface area contributed by atoms with Gasteiger partial charge in [0.25, 0.3) is 0 Å². The van der Waals surface area contributed by atoms with Crippen molar-refractivity contribution in [3.8, 4) is 11.5 Å². The molecule has 1 aromatic rings. The summed E-state index contributed by atoms with van der Waals surface area (Å²) in [6, 6.07) is 1.74. The molecule has 4 nitrogen and oxygen atoms in total. The Balaban J connectivity index is 2.59. The van der Waals surface area contributed by atoms with Crippen LogP contribution in [-0.4, -0.2) is 6.79 Å². The fourth-order valence-corrected chi connectivity index (χ4v) is 2.17. The third kappa shape index (κ3) is 1.84. The van der Waals surface area contributed by atoms with Gasteiger partial charge in [-0.15, -0.1) is 0 Å². The SMILES string of the molecule is CC(C)c1c(CON)c(Cl)cc2c1OCO2. The molecule has 0 saturated carbocycles. The van der Waals surface area contributed by atoms with Crippen LogP contribution in [0.15, 0.2) is 6.07 Å². The molecule has 0 fully saturated rings. The van der Waals surface area contributed by atoms with Gasteiger partial charge in [0.2, 0.25) is 6.79 Å². The van der Waals surface area contributed by atoms with Gasteiger partial charge in [-0.1, -0.05) is 25.4 Å². The highest BCUT2D eigenvalue weighted by molar-refractivity contribution is 6.31. The van der Waals surface area contributed by atoms with Crippen molar-refractivity contribution in [3.05, 3.63) is 22.2 Å². The van der Waals surface area contributed by atoms with Crippen molar-refractivity contribution in [2.45, 2.75) is 26.4 Å². The molecule has 1 aliphatic heterocycles. The van der Waals surface area contributed by atoms with E-state index in [4.69, 9.17) is 27.0 Å². The van der Waals surface area contributed by atoms with E-state index in [9.17, 15) is 0 Å². The Labute approximate surface area is 99.2 Å². The molecule has 0 spiro atoms. The number of ether oxygens (including phenoxy) is 2. The van der Waals surface area contributed by atoms with Crippen LogP contribution in [0.1, 0.15) is 30.9 Å². The monoisotopic (exact) mass is 243 g/mol. The number of rotatable bonds is 3. The van der Waals surface area contributed by atoms with Gasteiger partial charge in [-0.3, -0.25) is 4.84 Å². The van der Waals surface area contributed by atoms with Crippen LogP contribution in [0.3, 0.4) is 0 Å². The lowest BCUT2D eigenvalue weighted by atomic mass is 9.96. The fraction of sp³-hybridized carbons (Fsp3) is 0.455. The number of hydrogen-bond donors (Lipinski definition) is 1. The zero-order valence-electron chi connectivity index (χ0n) is 9.25. The van der Waals surface area contributed by atoms with E-state index < -0.39 is 0 Å². The van der Waals surface area contributed by atoms with Crippen LogP contribution < -0.4 is 15.4 Å². The Bertz CT molecular complexity index is 407. The van der Waals surface area contributed by atoms with Crippen LogP contribution in [0.25, 0.3) is 0 Å². The molecule has 2 N–H and O–H groups in total. The van der Waals surface area contributed by atoms with Gasteiger partial charge in [-0.05, 0) is 5.92 Å². The summed E-state index contributed by atoms with van der Waals surface area (Å²) in [4.78, 5) is 4.68. The minimum atomic E-state index is 0.234. The summed E-state index contributed by atoms with van der Waals surface area (Å²) in [5.74, 6) is 6.82. The Kier molecular flexibility index (Phi) is 3.23. The second-order valence-corrected chi connectivity index (χ2v) is 4.36. The molecule has 0 amide bonds. The Morgan fingerprint density at radius 1 is 1.50 bits per heavy atom. The van der Waals surface area contributed by atoms with E-state index in [1.54, 1.807) is 6.07 Å². The molecule has 1 aliphatic rings. The molecule has 0 radical (unpaired) electrons. The first kappa shape index (κ1) is 11.5. The molecule has 0 atom stereocenters. The summed E-state index contributed by atoms with van der Waals surface area (Å²) in [7, 11) is 0. The zero-order chi connectivity index (χ0) is 11.7. The lowest BCUT2D eigenvalue weighted by Gasteiger charge is -2.16. The molecule has 1 heterocycles. The lowest BCUT2D eigenvalue weighted by molar-refractivity contribution is 0.123. The quantitative estimate of drug-likeness (QED) is 0.829. The lowest BCUT2D eigenvalue weighted by Crippen LogP contribution is -2.05. The van der Waals surface area contributed by atoms with Gasteiger partial charge in [-0.2, -0.15) is 0 Å². The maximum absolute atomic E-state index is 6.16. The van der Waals surface area contributed by atoms with Crippen molar-refractivity contribution >= 4 is 11.6 Å². The summed E-state index contributed by atoms with van der Waals surface area (Å²) in [6.07, 6.45) is 0. The van der Waals surface area contributed by atoms with Crippen LogP contribution in [0, 0.1) is 0 Å². The predicted octanol–water partition coefficient (Wildman–Crippen LogP) is 2.58. The fourth-order valence-electron chi connectivity index (χ4n) is 1.91. The van der Waals surface area contributed by atoms with E-state index >= 15 is 0 Å². The maximum Gasteiger partial charge on any atom is 0.231 e. The van der Waals surface area contributed by atoms with E-state index in [2.05, 4.69) is 18.7 Å². The molecule has 88 valence electrons. The highest BCUT2D eigenvalue weighted by Crippen LogP contribution is 2.44. The van der Waals surface area contributed by atoms with Gasteiger partial charge in [0, 0.05) is 17.2 Å². The van der Waals surface area contributed by atoms with Crippen molar-refractivity contribution in [1.29, 1.82) is 0 Å². The van der Waals surface area contributed by atoms with Gasteiger partial charge in [0.15, 0.2) is 11.5 Å². The van der Waals surface area contributed by atoms with Gasteiger partial charge >= 0.3 is 0 Å². The van der Waals surface area contributed by atoms with E-state index in [1.807, 2.05) is 0 Å². The van der Waals surface area contributed by atoms with Gasteiger partial charge in [0.1, 0.15) is 0 Å². The van der Waals surface area contributed by atoms with E-state index in [1.165, 1.54) is 0 Å². The smallest absolute Gasteiger partial charge is 0.231 e. The molecule has 0 aliphatic carbocycles. The molecule has 0 aromatic heterocycles. The molecule has 16 heavy (non-hydrogen) atoms. The van der Waals surface area contributed by atoms with Crippen molar-refractivity contribution in [2.75, 3.05) is 6.79 Å². The van der Waals surface area contributed by atoms with Crippen LogP contribution in [0.5, 0.6) is 11.5 Å². The average molecular weight is 244 g/mol. The number of nitrogens with two attached hydrogens (primary N) is 1. The van der Waals surface area contributed by atoms with Crippen LogP contribution in [-0.2, 0) is 11.4 Å². The van der Waals surface area contributed by atoms with Crippen molar-refractivity contribution in [3.63, 3.8) is 0 Å². The number of halogens is 1. The second kappa shape index (κ2) is 4.49. The normalized spacial score (nSPS) is 13.6. The van der Waals surface area contributed by atoms with Gasteiger partial charge in [0.05, 0.1) is 11.6 Å². The summed E-state index contributed by atoms with van der Waals surface area (Å²) in [5.41, 5.74) is 1.87. The first-order valence-electron chi connectivity index (χ1n) is 5.07. The Morgan fingerprint density at radius 3 is 2.88 bits per heavy atom. The summed E-state index contributed by atoms with van der Waals surface area (Å²) in [5, 5.41) is 0.596. The van der Waals surface area contributed by atoms with E-state index in [0.717, 1.165) is 16.9 Å². The van der Waals surface area contributed by atoms with E-state index in [-0.39, 0.29) is 19.3 Å². The highest BCUT2D eigenvalue weighted by atomic mass is 35.5. The predicted molar refractivity (Wildman–Crippen MR) is 60.6 cm³/mol. The molecule has 1 aromatic carbocycles. The molecule has 0 saturated heterocycles. The number of hydrogen-bond acceptors (Lipinski definition) is 4. The molecule has 2 rings (SSSR count). The van der Waals surface area contributed by atoms with Crippen molar-refractivity contribution < 1.29 is 14.3 Å². The second-order valence-electron chi connectivity index (χ2n) is 3.95. The average Bonchev–Trinajstić information content (AvgIpc) is 2.65. The standard InChI is InChI=1S/C11H14ClNO3/c1-6(2)10-7(4-16-13)8(12)3-9-11(10)15-5-14-9/h3,6H,4-5,13H2,1-2H3. The minimum Gasteiger partial charge on any atom is -0.454 e. The van der Waals surface area contributed by atoms with Crippen LogP contribution in [0.4, 0.5) is 0 Å². The Morgan fingerprint density at radius 2 is 2.25 bits per heavy atom. The van der Waals surface area contributed by atoms with Gasteiger partial charge in [-0.25, -0.2) is 5.90 Å². The summed E-state index contributed by atoms with van der Waals surface area (Å²) in [6.45, 7) is 4.63. The largest absolute Gasteiger partial charge is 0.454 e. The zero-order valence-corrected chi connectivity index (χ0v) is 10.0. The minimum absolute atomic E-state index is 0.234. The molecular weight excluding hydrogens is 230 g/mol. The maximum atomic E-state index is 6.16. The molecular formula is C11H14ClNO3. The van der Waals surface area contributed by atoms with Crippen LogP contribution >= 0.6 is 11.6 Å². The van der Waals surface area contributed by atoms with E-state index in [0.29, 0.717) is 10.8 Å². The van der Waals surface area contributed by atoms with Crippen molar-refractivity contribution in [2.24, 2.45) is 5.90 Å². The van der Waals surface area contributed by atoms with Gasteiger partial charge < -0.3 is 9.47 Å². The summed E-state index contributed by atoms with van der Waals surface area (Å²) < 4.78 is 10.8. The molecule has 5 heteroatoms. The molecule has 0 unspecified atom stereocenters. The number of fused-ring (bicyclic) bond motifs is 1. The topological polar surface area (TPSA) is 53.7 Å². The number of benzene rings is 1. The molecule has 0 bridgehead atoms. The highest BCUT2D eigenvalue weighted by Gasteiger charge is 2.25. The summed E-state index contributed by atoms with van der Waals surface area (Å²) >= 11 is 6.16. The van der Waals surface area contributed by atoms with Crippen LogP contribution in [0.2, 0.25) is 5.02 Å². The van der Waals surface area contributed by atoms with Crippen molar-refractivity contribution in [1.82, 2.24) is 0 Å². The first-order chi connectivity index (χ1) is 7.65. The third-order valence-electron chi connectivity index (χ3n) is 2.56. The Hall–Kier alpha value is -0.970. The third-order valence-corrected chi connectivity index (χ3v) is 2.90.